The van der Waals surface area contributed by atoms with Crippen molar-refractivity contribution in [2.75, 3.05) is 19.4 Å². The summed E-state index contributed by atoms with van der Waals surface area (Å²) in [5, 5.41) is 16.6. The molecule has 9 heteroatoms. The van der Waals surface area contributed by atoms with E-state index in [0.29, 0.717) is 4.90 Å². The maximum absolute atomic E-state index is 10.5. The highest BCUT2D eigenvalue weighted by atomic mass is 31.2. The molecule has 0 bridgehead atoms. The van der Waals surface area contributed by atoms with E-state index in [2.05, 4.69) is 0 Å². The molecule has 0 aromatic carbocycles. The molecule has 0 unspecified atom stereocenters. The number of nitrogens with zero attached hydrogens (tertiary/aromatic N) is 1. The first-order valence-corrected chi connectivity index (χ1v) is 5.21. The first-order chi connectivity index (χ1) is 6.20. The maximum Gasteiger partial charge on any atom is 0.339 e. The fourth-order valence-electron chi connectivity index (χ4n) is 0.799. The van der Waals surface area contributed by atoms with Gasteiger partial charge < -0.3 is 20.0 Å². The third kappa shape index (κ3) is 11.0. The Morgan fingerprint density at radius 1 is 1.07 bits per heavy atom. The van der Waals surface area contributed by atoms with E-state index in [1.807, 2.05) is 0 Å². The van der Waals surface area contributed by atoms with Crippen molar-refractivity contribution in [2.45, 2.75) is 7.43 Å². The lowest BCUT2D eigenvalue weighted by Gasteiger charge is -2.17. The molecule has 0 atom stereocenters. The zero-order valence-corrected chi connectivity index (χ0v) is 7.92. The molecule has 0 aromatic heterocycles. The Labute approximate surface area is 86.3 Å². The van der Waals surface area contributed by atoms with Crippen LogP contribution in [0.3, 0.4) is 0 Å². The maximum atomic E-state index is 10.5. The van der Waals surface area contributed by atoms with Crippen LogP contribution in [-0.2, 0) is 14.2 Å². The third-order valence-electron chi connectivity index (χ3n) is 1.10. The molecule has 90 valence electrons. The average Bonchev–Trinajstić information content (AvgIpc) is 1.77. The van der Waals surface area contributed by atoms with Crippen LogP contribution in [0.1, 0.15) is 7.43 Å². The lowest BCUT2D eigenvalue weighted by Crippen LogP contribution is -2.35. The highest BCUT2D eigenvalue weighted by molar-refractivity contribution is 7.51. The number of rotatable bonds is 6. The second kappa shape index (κ2) is 6.52. The van der Waals surface area contributed by atoms with Gasteiger partial charge in [-0.25, -0.2) is 0 Å². The number of carbonyl (C=O) groups is 2. The van der Waals surface area contributed by atoms with E-state index in [1.165, 1.54) is 0 Å². The number of aliphatic carboxylic acids is 2. The fraction of sp³-hybridized carbons (Fsp3) is 0.667. The van der Waals surface area contributed by atoms with E-state index in [0.717, 1.165) is 0 Å². The van der Waals surface area contributed by atoms with Gasteiger partial charge in [0, 0.05) is 0 Å². The molecule has 0 saturated carbocycles. The van der Waals surface area contributed by atoms with Crippen molar-refractivity contribution in [1.82, 2.24) is 4.90 Å². The lowest BCUT2D eigenvalue weighted by atomic mass is 10.5. The molecule has 0 aliphatic rings. The Hall–Kier alpha value is -0.950. The molecule has 4 N–H and O–H groups in total. The minimum absolute atomic E-state index is 0. The smallest absolute Gasteiger partial charge is 0.339 e. The Bertz CT molecular complexity index is 257. The summed E-state index contributed by atoms with van der Waals surface area (Å²) >= 11 is 0. The van der Waals surface area contributed by atoms with Gasteiger partial charge in [-0.3, -0.25) is 19.1 Å². The normalized spacial score (nSPS) is 10.9. The molecule has 0 heterocycles. The van der Waals surface area contributed by atoms with Gasteiger partial charge in [-0.1, -0.05) is 7.43 Å². The van der Waals surface area contributed by atoms with Crippen LogP contribution in [0.15, 0.2) is 0 Å². The van der Waals surface area contributed by atoms with E-state index in [-0.39, 0.29) is 7.43 Å². The van der Waals surface area contributed by atoms with Crippen molar-refractivity contribution in [3.63, 3.8) is 0 Å². The van der Waals surface area contributed by atoms with E-state index < -0.39 is 38.9 Å². The molecular formula is C6H14NO7P. The van der Waals surface area contributed by atoms with E-state index >= 15 is 0 Å². The SMILES string of the molecule is C.O=C(O)CN(CC(=O)O)CP(=O)(O)O. The molecule has 8 nitrogen and oxygen atoms in total. The van der Waals surface area contributed by atoms with Gasteiger partial charge in [0.25, 0.3) is 0 Å². The molecule has 0 saturated heterocycles. The highest BCUT2D eigenvalue weighted by Gasteiger charge is 2.22. The van der Waals surface area contributed by atoms with Crippen molar-refractivity contribution in [3.8, 4) is 0 Å². The van der Waals surface area contributed by atoms with Crippen LogP contribution in [0.4, 0.5) is 0 Å². The van der Waals surface area contributed by atoms with Crippen molar-refractivity contribution in [1.29, 1.82) is 0 Å². The molecule has 0 radical (unpaired) electrons. The largest absolute Gasteiger partial charge is 0.480 e. The first kappa shape index (κ1) is 16.5. The van der Waals surface area contributed by atoms with Crippen LogP contribution in [0.2, 0.25) is 0 Å². The molecule has 0 fully saturated rings. The Morgan fingerprint density at radius 3 is 1.60 bits per heavy atom. The quantitative estimate of drug-likeness (QED) is 0.446. The summed E-state index contributed by atoms with van der Waals surface area (Å²) < 4.78 is 10.5. The summed E-state index contributed by atoms with van der Waals surface area (Å²) in [5.74, 6) is -2.70. The van der Waals surface area contributed by atoms with Gasteiger partial charge in [-0.2, -0.15) is 0 Å². The Morgan fingerprint density at radius 2 is 1.40 bits per heavy atom. The summed E-state index contributed by atoms with van der Waals surface area (Å²) in [6.45, 7) is -1.45. The second-order valence-electron chi connectivity index (χ2n) is 2.58. The predicted molar refractivity (Wildman–Crippen MR) is 50.5 cm³/mol. The Balaban J connectivity index is 0. The lowest BCUT2D eigenvalue weighted by molar-refractivity contribution is -0.141. The summed E-state index contributed by atoms with van der Waals surface area (Å²) in [7, 11) is -4.44. The fourth-order valence-corrected chi connectivity index (χ4v) is 1.52. The van der Waals surface area contributed by atoms with Gasteiger partial charge in [0.2, 0.25) is 0 Å². The zero-order chi connectivity index (χ0) is 11.4. The summed E-state index contributed by atoms with van der Waals surface area (Å²) in [6.07, 6.45) is -0.883. The monoisotopic (exact) mass is 243 g/mol. The number of hydrogen-bond donors (Lipinski definition) is 4. The van der Waals surface area contributed by atoms with E-state index in [1.54, 1.807) is 0 Å². The number of carboxylic acid groups (broad SMARTS) is 2. The van der Waals surface area contributed by atoms with Gasteiger partial charge in [0.15, 0.2) is 0 Å². The minimum atomic E-state index is -4.44. The van der Waals surface area contributed by atoms with E-state index in [9.17, 15) is 14.2 Å². The van der Waals surface area contributed by atoms with Gasteiger partial charge in [0.05, 0.1) is 13.1 Å². The molecule has 0 rings (SSSR count). The molecule has 0 aliphatic carbocycles. The highest BCUT2D eigenvalue weighted by Crippen LogP contribution is 2.34. The third-order valence-corrected chi connectivity index (χ3v) is 1.87. The van der Waals surface area contributed by atoms with Gasteiger partial charge in [-0.05, 0) is 0 Å². The zero-order valence-electron chi connectivity index (χ0n) is 7.03. The number of hydrogen-bond acceptors (Lipinski definition) is 4. The van der Waals surface area contributed by atoms with Crippen LogP contribution in [0, 0.1) is 0 Å². The van der Waals surface area contributed by atoms with Gasteiger partial charge in [0.1, 0.15) is 6.29 Å². The first-order valence-electron chi connectivity index (χ1n) is 3.41. The van der Waals surface area contributed by atoms with E-state index in [4.69, 9.17) is 20.0 Å². The van der Waals surface area contributed by atoms with Crippen LogP contribution >= 0.6 is 7.60 Å². The van der Waals surface area contributed by atoms with Crippen LogP contribution in [-0.4, -0.2) is 56.2 Å². The Kier molecular flexibility index (Phi) is 7.16. The molecular weight excluding hydrogens is 229 g/mol. The van der Waals surface area contributed by atoms with Crippen LogP contribution in [0.25, 0.3) is 0 Å². The topological polar surface area (TPSA) is 135 Å². The summed E-state index contributed by atoms with van der Waals surface area (Å²) in [6, 6.07) is 0. The number of carboxylic acids is 2. The average molecular weight is 243 g/mol. The van der Waals surface area contributed by atoms with Crippen LogP contribution < -0.4 is 0 Å². The van der Waals surface area contributed by atoms with Crippen molar-refractivity contribution < 1.29 is 34.2 Å². The standard InChI is InChI=1S/C5H10NO7P.CH4/c7-4(8)1-6(2-5(9)10)3-14(11,12)13;/h1-3H2,(H,7,8)(H,9,10)(H2,11,12,13);1H4. The molecule has 15 heavy (non-hydrogen) atoms. The molecule has 0 aliphatic heterocycles. The van der Waals surface area contributed by atoms with Crippen molar-refractivity contribution in [3.05, 3.63) is 0 Å². The summed E-state index contributed by atoms with van der Waals surface area (Å²) in [5.41, 5.74) is 0. The van der Waals surface area contributed by atoms with Crippen molar-refractivity contribution >= 4 is 19.5 Å². The summed E-state index contributed by atoms with van der Waals surface area (Å²) in [4.78, 5) is 38.0. The molecule has 0 aromatic rings. The second-order valence-corrected chi connectivity index (χ2v) is 4.19. The minimum Gasteiger partial charge on any atom is -0.480 e. The molecule has 0 spiro atoms. The van der Waals surface area contributed by atoms with Crippen LogP contribution in [0.5, 0.6) is 0 Å². The molecule has 0 amide bonds. The van der Waals surface area contributed by atoms with Crippen molar-refractivity contribution in [2.24, 2.45) is 0 Å². The predicted octanol–water partition coefficient (Wildman–Crippen LogP) is -0.771. The van der Waals surface area contributed by atoms with Gasteiger partial charge >= 0.3 is 19.5 Å². The van der Waals surface area contributed by atoms with Gasteiger partial charge in [-0.15, -0.1) is 0 Å².